The van der Waals surface area contributed by atoms with Gasteiger partial charge in [-0.2, -0.15) is 0 Å². The summed E-state index contributed by atoms with van der Waals surface area (Å²) in [6.07, 6.45) is 1.93. The first-order chi connectivity index (χ1) is 7.60. The minimum absolute atomic E-state index is 0.00287. The average molecular weight is 219 g/mol. The van der Waals surface area contributed by atoms with E-state index in [9.17, 15) is 4.79 Å². The maximum atomic E-state index is 12.0. The maximum Gasteiger partial charge on any atom is 0.245 e. The van der Waals surface area contributed by atoms with Gasteiger partial charge in [0.15, 0.2) is 0 Å². The third-order valence-electron chi connectivity index (χ3n) is 3.00. The molecule has 1 saturated heterocycles. The number of aromatic nitrogens is 1. The van der Waals surface area contributed by atoms with Crippen molar-refractivity contribution in [3.8, 4) is 0 Å². The number of carbonyl (C=O) groups excluding carboxylic acids is 1. The van der Waals surface area contributed by atoms with Gasteiger partial charge in [-0.3, -0.25) is 4.79 Å². The van der Waals surface area contributed by atoms with Gasteiger partial charge in [-0.05, 0) is 45.4 Å². The van der Waals surface area contributed by atoms with Crippen LogP contribution in [0.1, 0.15) is 25.5 Å². The predicted molar refractivity (Wildman–Crippen MR) is 63.2 cm³/mol. The average Bonchev–Trinajstić information content (AvgIpc) is 2.66. The minimum Gasteiger partial charge on any atom is -0.309 e. The molecule has 0 radical (unpaired) electrons. The molecular weight excluding hydrogens is 202 g/mol. The second-order valence-electron chi connectivity index (χ2n) is 4.48. The number of hydrogen-bond donors (Lipinski definition) is 2. The van der Waals surface area contributed by atoms with Gasteiger partial charge in [0.25, 0.3) is 0 Å². The first-order valence-corrected chi connectivity index (χ1v) is 5.60. The number of hydrogen-bond acceptors (Lipinski definition) is 3. The summed E-state index contributed by atoms with van der Waals surface area (Å²) in [6.45, 7) is 4.75. The Balaban J connectivity index is 2.07. The molecule has 1 aromatic rings. The van der Waals surface area contributed by atoms with Crippen LogP contribution in [0.15, 0.2) is 18.2 Å². The number of pyridine rings is 1. The fourth-order valence-corrected chi connectivity index (χ4v) is 1.96. The van der Waals surface area contributed by atoms with Gasteiger partial charge < -0.3 is 10.6 Å². The Kier molecular flexibility index (Phi) is 2.92. The summed E-state index contributed by atoms with van der Waals surface area (Å²) in [6, 6.07) is 5.61. The van der Waals surface area contributed by atoms with E-state index < -0.39 is 5.54 Å². The molecule has 0 saturated carbocycles. The molecule has 1 unspecified atom stereocenters. The molecule has 2 heterocycles. The predicted octanol–water partition coefficient (Wildman–Crippen LogP) is 1.47. The van der Waals surface area contributed by atoms with Gasteiger partial charge >= 0.3 is 0 Å². The summed E-state index contributed by atoms with van der Waals surface area (Å²) in [4.78, 5) is 16.3. The summed E-state index contributed by atoms with van der Waals surface area (Å²) in [7, 11) is 0. The van der Waals surface area contributed by atoms with Gasteiger partial charge in [0.2, 0.25) is 5.91 Å². The van der Waals surface area contributed by atoms with Gasteiger partial charge in [0.1, 0.15) is 5.82 Å². The lowest BCUT2D eigenvalue weighted by atomic mass is 9.99. The van der Waals surface area contributed by atoms with Crippen LogP contribution in [0.4, 0.5) is 5.82 Å². The molecule has 0 aromatic carbocycles. The molecule has 86 valence electrons. The Morgan fingerprint density at radius 1 is 1.56 bits per heavy atom. The van der Waals surface area contributed by atoms with Crippen molar-refractivity contribution in [3.63, 3.8) is 0 Å². The van der Waals surface area contributed by atoms with E-state index >= 15 is 0 Å². The third-order valence-corrected chi connectivity index (χ3v) is 3.00. The van der Waals surface area contributed by atoms with Crippen molar-refractivity contribution >= 4 is 11.7 Å². The number of nitrogens with zero attached hydrogens (tertiary/aromatic N) is 1. The highest BCUT2D eigenvalue weighted by atomic mass is 16.2. The molecule has 0 bridgehead atoms. The summed E-state index contributed by atoms with van der Waals surface area (Å²) in [5.74, 6) is 0.628. The number of nitrogens with one attached hydrogen (secondary N) is 2. The van der Waals surface area contributed by atoms with E-state index in [1.54, 1.807) is 0 Å². The van der Waals surface area contributed by atoms with Crippen molar-refractivity contribution in [2.45, 2.75) is 32.2 Å². The number of anilines is 1. The number of carbonyl (C=O) groups is 1. The molecule has 4 nitrogen and oxygen atoms in total. The van der Waals surface area contributed by atoms with E-state index in [1.165, 1.54) is 0 Å². The normalized spacial score (nSPS) is 24.4. The van der Waals surface area contributed by atoms with E-state index in [1.807, 2.05) is 32.0 Å². The molecule has 1 aliphatic rings. The van der Waals surface area contributed by atoms with Crippen molar-refractivity contribution in [1.29, 1.82) is 0 Å². The maximum absolute atomic E-state index is 12.0. The van der Waals surface area contributed by atoms with Crippen molar-refractivity contribution in [2.24, 2.45) is 0 Å². The monoisotopic (exact) mass is 219 g/mol. The van der Waals surface area contributed by atoms with Crippen LogP contribution in [0, 0.1) is 6.92 Å². The van der Waals surface area contributed by atoms with E-state index in [2.05, 4.69) is 15.6 Å². The zero-order chi connectivity index (χ0) is 11.6. The van der Waals surface area contributed by atoms with Crippen LogP contribution >= 0.6 is 0 Å². The molecule has 0 aliphatic carbocycles. The quantitative estimate of drug-likeness (QED) is 0.792. The van der Waals surface area contributed by atoms with Crippen molar-refractivity contribution in [2.75, 3.05) is 11.9 Å². The Bertz CT molecular complexity index is 397. The van der Waals surface area contributed by atoms with E-state index in [-0.39, 0.29) is 5.91 Å². The van der Waals surface area contributed by atoms with Crippen LogP contribution in [0.3, 0.4) is 0 Å². The molecule has 2 N–H and O–H groups in total. The number of aryl methyl sites for hydroxylation is 1. The number of amides is 1. The Morgan fingerprint density at radius 3 is 3.00 bits per heavy atom. The van der Waals surface area contributed by atoms with Crippen LogP contribution in [-0.4, -0.2) is 23.0 Å². The minimum atomic E-state index is -0.439. The van der Waals surface area contributed by atoms with Crippen LogP contribution in [0.25, 0.3) is 0 Å². The highest BCUT2D eigenvalue weighted by Crippen LogP contribution is 2.20. The van der Waals surface area contributed by atoms with Gasteiger partial charge in [0, 0.05) is 5.69 Å². The standard InChI is InChI=1S/C12H17N3O/c1-9-5-3-6-10(14-9)15-11(16)12(2)7-4-8-13-12/h3,5-6,13H,4,7-8H2,1-2H3,(H,14,15,16). The highest BCUT2D eigenvalue weighted by Gasteiger charge is 2.35. The van der Waals surface area contributed by atoms with Crippen molar-refractivity contribution in [1.82, 2.24) is 10.3 Å². The topological polar surface area (TPSA) is 54.0 Å². The van der Waals surface area contributed by atoms with E-state index in [0.29, 0.717) is 5.82 Å². The number of rotatable bonds is 2. The fourth-order valence-electron chi connectivity index (χ4n) is 1.96. The van der Waals surface area contributed by atoms with Crippen molar-refractivity contribution in [3.05, 3.63) is 23.9 Å². The SMILES string of the molecule is Cc1cccc(NC(=O)C2(C)CCCN2)n1. The summed E-state index contributed by atoms with van der Waals surface area (Å²) in [5, 5.41) is 6.08. The smallest absolute Gasteiger partial charge is 0.245 e. The lowest BCUT2D eigenvalue weighted by Crippen LogP contribution is -2.48. The summed E-state index contributed by atoms with van der Waals surface area (Å²) < 4.78 is 0. The second-order valence-corrected chi connectivity index (χ2v) is 4.48. The largest absolute Gasteiger partial charge is 0.309 e. The summed E-state index contributed by atoms with van der Waals surface area (Å²) >= 11 is 0. The van der Waals surface area contributed by atoms with Gasteiger partial charge in [-0.15, -0.1) is 0 Å². The van der Waals surface area contributed by atoms with E-state index in [0.717, 1.165) is 25.1 Å². The van der Waals surface area contributed by atoms with Gasteiger partial charge in [-0.1, -0.05) is 6.07 Å². The molecule has 0 spiro atoms. The molecule has 16 heavy (non-hydrogen) atoms. The molecule has 1 fully saturated rings. The van der Waals surface area contributed by atoms with Gasteiger partial charge in [0.05, 0.1) is 5.54 Å². The fraction of sp³-hybridized carbons (Fsp3) is 0.500. The summed E-state index contributed by atoms with van der Waals surface area (Å²) in [5.41, 5.74) is 0.466. The molecule has 4 heteroatoms. The second kappa shape index (κ2) is 4.22. The molecule has 1 aliphatic heterocycles. The van der Waals surface area contributed by atoms with Crippen LogP contribution in [-0.2, 0) is 4.79 Å². The Morgan fingerprint density at radius 2 is 2.38 bits per heavy atom. The lowest BCUT2D eigenvalue weighted by molar-refractivity contribution is -0.121. The highest BCUT2D eigenvalue weighted by molar-refractivity contribution is 5.97. The van der Waals surface area contributed by atoms with E-state index in [4.69, 9.17) is 0 Å². The molecule has 2 rings (SSSR count). The first kappa shape index (κ1) is 11.1. The first-order valence-electron chi connectivity index (χ1n) is 5.60. The van der Waals surface area contributed by atoms with Crippen LogP contribution in [0.5, 0.6) is 0 Å². The van der Waals surface area contributed by atoms with Crippen LogP contribution < -0.4 is 10.6 Å². The Labute approximate surface area is 95.5 Å². The Hall–Kier alpha value is -1.42. The zero-order valence-corrected chi connectivity index (χ0v) is 9.71. The van der Waals surface area contributed by atoms with Crippen molar-refractivity contribution < 1.29 is 4.79 Å². The molecular formula is C12H17N3O. The van der Waals surface area contributed by atoms with Crippen LogP contribution in [0.2, 0.25) is 0 Å². The molecule has 1 atom stereocenters. The lowest BCUT2D eigenvalue weighted by Gasteiger charge is -2.22. The van der Waals surface area contributed by atoms with Gasteiger partial charge in [-0.25, -0.2) is 4.98 Å². The molecule has 1 amide bonds. The molecule has 1 aromatic heterocycles. The third kappa shape index (κ3) is 2.22. The zero-order valence-electron chi connectivity index (χ0n) is 9.71.